The molecule has 0 fully saturated rings. The molecule has 0 aliphatic carbocycles. The average Bonchev–Trinajstić information content (AvgIpc) is 2.86. The van der Waals surface area contributed by atoms with Crippen molar-refractivity contribution in [1.82, 2.24) is 4.98 Å². The van der Waals surface area contributed by atoms with E-state index in [1.807, 2.05) is 19.2 Å². The van der Waals surface area contributed by atoms with E-state index in [9.17, 15) is 4.79 Å². The van der Waals surface area contributed by atoms with Gasteiger partial charge in [0.05, 0.1) is 23.5 Å². The molecule has 1 amide bonds. The van der Waals surface area contributed by atoms with Crippen molar-refractivity contribution in [1.29, 1.82) is 0 Å². The number of halogens is 1. The Morgan fingerprint density at radius 2 is 2.19 bits per heavy atom. The number of carbonyl (C=O) groups is 1. The number of hydrogen-bond acceptors (Lipinski definition) is 4. The maximum atomic E-state index is 11.9. The summed E-state index contributed by atoms with van der Waals surface area (Å²) in [7, 11) is 1.53. The second-order valence-corrected chi connectivity index (χ2v) is 5.89. The predicted molar refractivity (Wildman–Crippen MR) is 87.3 cm³/mol. The predicted octanol–water partition coefficient (Wildman–Crippen LogP) is 4.07. The first-order chi connectivity index (χ1) is 9.99. The Morgan fingerprint density at radius 1 is 1.43 bits per heavy atom. The normalized spacial score (nSPS) is 10.9. The van der Waals surface area contributed by atoms with Crippen LogP contribution in [0.4, 0.5) is 5.69 Å². The monoisotopic (exact) mass is 322 g/mol. The van der Waals surface area contributed by atoms with Gasteiger partial charge in [-0.1, -0.05) is 11.6 Å². The fraction of sp³-hybridized carbons (Fsp3) is 0.200. The van der Waals surface area contributed by atoms with Gasteiger partial charge in [-0.05, 0) is 31.6 Å². The molecule has 0 bridgehead atoms. The number of hydrogen-bond donors (Lipinski definition) is 1. The number of ether oxygens (including phenoxy) is 1. The molecule has 21 heavy (non-hydrogen) atoms. The van der Waals surface area contributed by atoms with Crippen molar-refractivity contribution in [2.24, 2.45) is 0 Å². The second kappa shape index (κ2) is 6.74. The molecule has 0 saturated carbocycles. The molecular weight excluding hydrogens is 308 g/mol. The minimum Gasteiger partial charge on any atom is -0.495 e. The van der Waals surface area contributed by atoms with Crippen LogP contribution in [0.3, 0.4) is 0 Å². The summed E-state index contributed by atoms with van der Waals surface area (Å²) < 4.78 is 5.21. The van der Waals surface area contributed by atoms with Gasteiger partial charge in [0.1, 0.15) is 5.75 Å². The van der Waals surface area contributed by atoms with Crippen molar-refractivity contribution < 1.29 is 9.53 Å². The first-order valence-electron chi connectivity index (χ1n) is 6.25. The lowest BCUT2D eigenvalue weighted by Gasteiger charge is -2.11. The van der Waals surface area contributed by atoms with Gasteiger partial charge in [0, 0.05) is 22.5 Å². The van der Waals surface area contributed by atoms with Gasteiger partial charge in [-0.2, -0.15) is 0 Å². The maximum Gasteiger partial charge on any atom is 0.248 e. The molecular formula is C15H15ClN2O2S. The number of nitrogens with zero attached hydrogens (tertiary/aromatic N) is 1. The molecule has 0 aliphatic rings. The Bertz CT molecular complexity index is 695. The van der Waals surface area contributed by atoms with Crippen molar-refractivity contribution >= 4 is 40.6 Å². The number of aryl methyl sites for hydroxylation is 2. The van der Waals surface area contributed by atoms with Crippen molar-refractivity contribution in [3.8, 4) is 5.75 Å². The standard InChI is InChI=1S/C15H15ClN2O2S/c1-9-6-13(14(20-3)7-12(9)16)18-15(19)5-4-11-8-21-10(2)17-11/h4-8H,1-3H3,(H,18,19)/b5-4+. The molecule has 0 spiro atoms. The average molecular weight is 323 g/mol. The molecule has 0 saturated heterocycles. The molecule has 0 atom stereocenters. The minimum atomic E-state index is -0.249. The maximum absolute atomic E-state index is 11.9. The largest absolute Gasteiger partial charge is 0.495 e. The Morgan fingerprint density at radius 3 is 2.81 bits per heavy atom. The minimum absolute atomic E-state index is 0.249. The van der Waals surface area contributed by atoms with E-state index in [1.165, 1.54) is 13.2 Å². The van der Waals surface area contributed by atoms with Crippen LogP contribution in [-0.2, 0) is 4.79 Å². The van der Waals surface area contributed by atoms with Crippen molar-refractivity contribution in [2.75, 3.05) is 12.4 Å². The first kappa shape index (κ1) is 15.5. The zero-order valence-corrected chi connectivity index (χ0v) is 13.5. The summed E-state index contributed by atoms with van der Waals surface area (Å²) >= 11 is 7.57. The molecule has 0 radical (unpaired) electrons. The number of thiazole rings is 1. The van der Waals surface area contributed by atoms with E-state index < -0.39 is 0 Å². The Balaban J connectivity index is 2.12. The van der Waals surface area contributed by atoms with E-state index >= 15 is 0 Å². The van der Waals surface area contributed by atoms with E-state index in [1.54, 1.807) is 29.5 Å². The molecule has 2 rings (SSSR count). The molecule has 0 unspecified atom stereocenters. The van der Waals surface area contributed by atoms with Gasteiger partial charge >= 0.3 is 0 Å². The Labute approximate surface area is 132 Å². The molecule has 6 heteroatoms. The lowest BCUT2D eigenvalue weighted by atomic mass is 10.2. The Hall–Kier alpha value is -1.85. The first-order valence-corrected chi connectivity index (χ1v) is 7.50. The van der Waals surface area contributed by atoms with E-state index in [4.69, 9.17) is 16.3 Å². The number of methoxy groups -OCH3 is 1. The van der Waals surface area contributed by atoms with Crippen LogP contribution < -0.4 is 10.1 Å². The highest BCUT2D eigenvalue weighted by atomic mass is 35.5. The Kier molecular flexibility index (Phi) is 4.98. The number of amides is 1. The van der Waals surface area contributed by atoms with Crippen molar-refractivity contribution in [2.45, 2.75) is 13.8 Å². The molecule has 1 aromatic carbocycles. The fourth-order valence-corrected chi connectivity index (χ4v) is 2.46. The van der Waals surface area contributed by atoms with Crippen molar-refractivity contribution in [3.63, 3.8) is 0 Å². The topological polar surface area (TPSA) is 51.2 Å². The van der Waals surface area contributed by atoms with Gasteiger partial charge in [0.15, 0.2) is 0 Å². The SMILES string of the molecule is COc1cc(Cl)c(C)cc1NC(=O)/C=C/c1csc(C)n1. The van der Waals surface area contributed by atoms with E-state index in [2.05, 4.69) is 10.3 Å². The smallest absolute Gasteiger partial charge is 0.248 e. The summed E-state index contributed by atoms with van der Waals surface area (Å²) in [4.78, 5) is 16.2. The highest BCUT2D eigenvalue weighted by molar-refractivity contribution is 7.09. The molecule has 1 heterocycles. The quantitative estimate of drug-likeness (QED) is 0.863. The van der Waals surface area contributed by atoms with Crippen LogP contribution in [0.1, 0.15) is 16.3 Å². The molecule has 0 aliphatic heterocycles. The van der Waals surface area contributed by atoms with Crippen LogP contribution in [0.25, 0.3) is 6.08 Å². The van der Waals surface area contributed by atoms with Crippen LogP contribution in [0.5, 0.6) is 5.75 Å². The molecule has 4 nitrogen and oxygen atoms in total. The zero-order chi connectivity index (χ0) is 15.4. The summed E-state index contributed by atoms with van der Waals surface area (Å²) in [5.74, 6) is 0.275. The van der Waals surface area contributed by atoms with E-state index in [0.717, 1.165) is 16.3 Å². The van der Waals surface area contributed by atoms with Gasteiger partial charge in [-0.25, -0.2) is 4.98 Å². The van der Waals surface area contributed by atoms with Crippen molar-refractivity contribution in [3.05, 3.63) is 44.9 Å². The molecule has 1 aromatic heterocycles. The third kappa shape index (κ3) is 4.06. The lowest BCUT2D eigenvalue weighted by Crippen LogP contribution is -2.09. The second-order valence-electron chi connectivity index (χ2n) is 4.42. The van der Waals surface area contributed by atoms with Crippen LogP contribution in [0.2, 0.25) is 5.02 Å². The van der Waals surface area contributed by atoms with Gasteiger partial charge in [0.2, 0.25) is 5.91 Å². The van der Waals surface area contributed by atoms with Gasteiger partial charge in [0.25, 0.3) is 0 Å². The van der Waals surface area contributed by atoms with Gasteiger partial charge in [-0.3, -0.25) is 4.79 Å². The van der Waals surface area contributed by atoms with Crippen LogP contribution in [-0.4, -0.2) is 18.0 Å². The van der Waals surface area contributed by atoms with Crippen LogP contribution >= 0.6 is 22.9 Å². The number of aromatic nitrogens is 1. The summed E-state index contributed by atoms with van der Waals surface area (Å²) in [6, 6.07) is 3.46. The lowest BCUT2D eigenvalue weighted by molar-refractivity contribution is -0.111. The van der Waals surface area contributed by atoms with E-state index in [0.29, 0.717) is 16.5 Å². The van der Waals surface area contributed by atoms with Gasteiger partial charge < -0.3 is 10.1 Å². The van der Waals surface area contributed by atoms with Crippen LogP contribution in [0, 0.1) is 13.8 Å². The number of nitrogens with one attached hydrogen (secondary N) is 1. The summed E-state index contributed by atoms with van der Waals surface area (Å²) in [5, 5.41) is 6.23. The molecule has 110 valence electrons. The highest BCUT2D eigenvalue weighted by Gasteiger charge is 2.08. The summed E-state index contributed by atoms with van der Waals surface area (Å²) in [6.45, 7) is 3.79. The number of anilines is 1. The highest BCUT2D eigenvalue weighted by Crippen LogP contribution is 2.30. The summed E-state index contributed by atoms with van der Waals surface area (Å²) in [5.41, 5.74) is 2.22. The summed E-state index contributed by atoms with van der Waals surface area (Å²) in [6.07, 6.45) is 3.12. The van der Waals surface area contributed by atoms with Gasteiger partial charge in [-0.15, -0.1) is 11.3 Å². The third-order valence-corrected chi connectivity index (χ3v) is 3.98. The number of rotatable bonds is 4. The van der Waals surface area contributed by atoms with Crippen LogP contribution in [0.15, 0.2) is 23.6 Å². The number of carbonyl (C=O) groups excluding carboxylic acids is 1. The van der Waals surface area contributed by atoms with E-state index in [-0.39, 0.29) is 5.91 Å². The molecule has 2 aromatic rings. The zero-order valence-electron chi connectivity index (χ0n) is 11.9. The molecule has 1 N–H and O–H groups in total. The third-order valence-electron chi connectivity index (χ3n) is 2.78. The number of benzene rings is 1. The fourth-order valence-electron chi connectivity index (χ4n) is 1.72.